The molecule has 0 heterocycles. The summed E-state index contributed by atoms with van der Waals surface area (Å²) in [5.41, 5.74) is 6.61. The first-order valence-corrected chi connectivity index (χ1v) is 6.58. The first-order valence-electron chi connectivity index (χ1n) is 6.20. The molecule has 3 N–H and O–H groups in total. The zero-order valence-electron chi connectivity index (χ0n) is 11.4. The minimum absolute atomic E-state index is 0.118. The molecule has 0 spiro atoms. The molecule has 2 aromatic rings. The van der Waals surface area contributed by atoms with E-state index in [1.807, 2.05) is 0 Å². The molecule has 21 heavy (non-hydrogen) atoms. The molecule has 5 nitrogen and oxygen atoms in total. The van der Waals surface area contributed by atoms with Crippen LogP contribution < -0.4 is 20.5 Å². The molecule has 6 heteroatoms. The predicted octanol–water partition coefficient (Wildman–Crippen LogP) is 2.95. The highest BCUT2D eigenvalue weighted by Gasteiger charge is 2.07. The monoisotopic (exact) mass is 306 g/mol. The summed E-state index contributed by atoms with van der Waals surface area (Å²) >= 11 is 5.97. The number of nitrogens with one attached hydrogen (secondary N) is 1. The van der Waals surface area contributed by atoms with Crippen LogP contribution in [0.5, 0.6) is 11.5 Å². The van der Waals surface area contributed by atoms with Gasteiger partial charge in [-0.2, -0.15) is 0 Å². The van der Waals surface area contributed by atoms with Crippen molar-refractivity contribution < 1.29 is 14.3 Å². The predicted molar refractivity (Wildman–Crippen MR) is 83.0 cm³/mol. The van der Waals surface area contributed by atoms with Gasteiger partial charge in [0.2, 0.25) is 0 Å². The third kappa shape index (κ3) is 4.29. The number of anilines is 2. The summed E-state index contributed by atoms with van der Waals surface area (Å²) in [6.45, 7) is -0.118. The Morgan fingerprint density at radius 1 is 1.19 bits per heavy atom. The Balaban J connectivity index is 1.89. The number of benzene rings is 2. The van der Waals surface area contributed by atoms with Gasteiger partial charge in [-0.1, -0.05) is 11.6 Å². The van der Waals surface area contributed by atoms with Crippen LogP contribution in [0.25, 0.3) is 0 Å². The molecular weight excluding hydrogens is 292 g/mol. The van der Waals surface area contributed by atoms with Gasteiger partial charge in [0.25, 0.3) is 5.91 Å². The SMILES string of the molecule is COc1ccc(OCC(=O)Nc2ccc(N)cc2Cl)cc1. The van der Waals surface area contributed by atoms with Crippen LogP contribution in [-0.2, 0) is 4.79 Å². The first kappa shape index (κ1) is 15.0. The first-order chi connectivity index (χ1) is 10.1. The number of carbonyl (C=O) groups is 1. The molecule has 0 fully saturated rings. The lowest BCUT2D eigenvalue weighted by molar-refractivity contribution is -0.118. The van der Waals surface area contributed by atoms with Crippen molar-refractivity contribution in [2.75, 3.05) is 24.8 Å². The fraction of sp³-hybridized carbons (Fsp3) is 0.133. The van der Waals surface area contributed by atoms with Crippen LogP contribution >= 0.6 is 11.6 Å². The zero-order chi connectivity index (χ0) is 15.2. The molecule has 0 aromatic heterocycles. The lowest BCUT2D eigenvalue weighted by Gasteiger charge is -2.09. The Bertz CT molecular complexity index is 629. The molecule has 0 saturated heterocycles. The van der Waals surface area contributed by atoms with Crippen molar-refractivity contribution in [1.29, 1.82) is 0 Å². The minimum atomic E-state index is -0.308. The van der Waals surface area contributed by atoms with Crippen LogP contribution in [0.2, 0.25) is 5.02 Å². The summed E-state index contributed by atoms with van der Waals surface area (Å²) in [5.74, 6) is 0.993. The van der Waals surface area contributed by atoms with Crippen LogP contribution in [-0.4, -0.2) is 19.6 Å². The standard InChI is InChI=1S/C15H15ClN2O3/c1-20-11-3-5-12(6-4-11)21-9-15(19)18-14-7-2-10(17)8-13(14)16/h2-8H,9,17H2,1H3,(H,18,19). The second kappa shape index (κ2) is 6.85. The van der Waals surface area contributed by atoms with E-state index >= 15 is 0 Å². The third-order valence-electron chi connectivity index (χ3n) is 2.70. The van der Waals surface area contributed by atoms with Crippen molar-refractivity contribution in [3.8, 4) is 11.5 Å². The van der Waals surface area contributed by atoms with Gasteiger partial charge in [-0.3, -0.25) is 4.79 Å². The van der Waals surface area contributed by atoms with E-state index in [1.54, 1.807) is 49.6 Å². The molecule has 2 rings (SSSR count). The van der Waals surface area contributed by atoms with Crippen LogP contribution in [0, 0.1) is 0 Å². The van der Waals surface area contributed by atoms with Gasteiger partial charge in [0, 0.05) is 5.69 Å². The summed E-state index contributed by atoms with van der Waals surface area (Å²) in [4.78, 5) is 11.8. The highest BCUT2D eigenvalue weighted by molar-refractivity contribution is 6.34. The zero-order valence-corrected chi connectivity index (χ0v) is 12.2. The largest absolute Gasteiger partial charge is 0.497 e. The second-order valence-electron chi connectivity index (χ2n) is 4.25. The van der Waals surface area contributed by atoms with Gasteiger partial charge in [-0.15, -0.1) is 0 Å². The molecule has 0 atom stereocenters. The number of hydrogen-bond acceptors (Lipinski definition) is 4. The van der Waals surface area contributed by atoms with Crippen molar-refractivity contribution in [1.82, 2.24) is 0 Å². The summed E-state index contributed by atoms with van der Waals surface area (Å²) in [6.07, 6.45) is 0. The van der Waals surface area contributed by atoms with Gasteiger partial charge in [-0.05, 0) is 42.5 Å². The van der Waals surface area contributed by atoms with Gasteiger partial charge in [0.15, 0.2) is 6.61 Å². The van der Waals surface area contributed by atoms with Crippen LogP contribution in [0.1, 0.15) is 0 Å². The second-order valence-corrected chi connectivity index (χ2v) is 4.66. The normalized spacial score (nSPS) is 10.0. The number of nitrogen functional groups attached to an aromatic ring is 1. The van der Waals surface area contributed by atoms with E-state index in [2.05, 4.69) is 5.32 Å². The number of ether oxygens (including phenoxy) is 2. The lowest BCUT2D eigenvalue weighted by atomic mass is 10.3. The van der Waals surface area contributed by atoms with Crippen molar-refractivity contribution in [2.45, 2.75) is 0 Å². The molecule has 1 amide bonds. The molecule has 110 valence electrons. The average molecular weight is 307 g/mol. The van der Waals surface area contributed by atoms with Crippen molar-refractivity contribution in [3.63, 3.8) is 0 Å². The number of rotatable bonds is 5. The van der Waals surface area contributed by atoms with Gasteiger partial charge >= 0.3 is 0 Å². The van der Waals surface area contributed by atoms with Crippen molar-refractivity contribution in [2.24, 2.45) is 0 Å². The van der Waals surface area contributed by atoms with Crippen molar-refractivity contribution in [3.05, 3.63) is 47.5 Å². The Morgan fingerprint density at radius 2 is 1.86 bits per heavy atom. The maximum absolute atomic E-state index is 11.8. The molecule has 0 bridgehead atoms. The maximum atomic E-state index is 11.8. The molecule has 0 aliphatic heterocycles. The number of carbonyl (C=O) groups excluding carboxylic acids is 1. The average Bonchev–Trinajstić information content (AvgIpc) is 2.48. The van der Waals surface area contributed by atoms with E-state index in [9.17, 15) is 4.79 Å². The summed E-state index contributed by atoms with van der Waals surface area (Å²) in [6, 6.07) is 11.8. The van der Waals surface area contributed by atoms with Crippen LogP contribution in [0.4, 0.5) is 11.4 Å². The summed E-state index contributed by atoms with van der Waals surface area (Å²) < 4.78 is 10.4. The maximum Gasteiger partial charge on any atom is 0.262 e. The van der Waals surface area contributed by atoms with E-state index in [4.69, 9.17) is 26.8 Å². The van der Waals surface area contributed by atoms with E-state index in [-0.39, 0.29) is 12.5 Å². The van der Waals surface area contributed by atoms with Gasteiger partial charge in [0.1, 0.15) is 11.5 Å². The van der Waals surface area contributed by atoms with E-state index in [0.717, 1.165) is 5.75 Å². The van der Waals surface area contributed by atoms with E-state index in [0.29, 0.717) is 22.1 Å². The number of hydrogen-bond donors (Lipinski definition) is 2. The smallest absolute Gasteiger partial charge is 0.262 e. The quantitative estimate of drug-likeness (QED) is 0.833. The summed E-state index contributed by atoms with van der Waals surface area (Å²) in [5, 5.41) is 3.04. The van der Waals surface area contributed by atoms with E-state index < -0.39 is 0 Å². The van der Waals surface area contributed by atoms with Crippen molar-refractivity contribution >= 4 is 28.9 Å². The van der Waals surface area contributed by atoms with Crippen LogP contribution in [0.3, 0.4) is 0 Å². The fourth-order valence-electron chi connectivity index (χ4n) is 1.64. The number of halogens is 1. The Hall–Kier alpha value is -2.40. The third-order valence-corrected chi connectivity index (χ3v) is 3.01. The highest BCUT2D eigenvalue weighted by Crippen LogP contribution is 2.24. The lowest BCUT2D eigenvalue weighted by Crippen LogP contribution is -2.20. The molecule has 2 aromatic carbocycles. The molecule has 0 aliphatic carbocycles. The molecule has 0 unspecified atom stereocenters. The van der Waals surface area contributed by atoms with Crippen LogP contribution in [0.15, 0.2) is 42.5 Å². The van der Waals surface area contributed by atoms with Gasteiger partial charge < -0.3 is 20.5 Å². The number of amides is 1. The molecule has 0 radical (unpaired) electrons. The Labute approximate surface area is 127 Å². The summed E-state index contributed by atoms with van der Waals surface area (Å²) in [7, 11) is 1.58. The molecule has 0 saturated carbocycles. The number of nitrogens with two attached hydrogens (primary N) is 1. The van der Waals surface area contributed by atoms with Gasteiger partial charge in [0.05, 0.1) is 17.8 Å². The molecule has 0 aliphatic rings. The number of methoxy groups -OCH3 is 1. The minimum Gasteiger partial charge on any atom is -0.497 e. The van der Waals surface area contributed by atoms with E-state index in [1.165, 1.54) is 0 Å². The highest BCUT2D eigenvalue weighted by atomic mass is 35.5. The Kier molecular flexibility index (Phi) is 4.90. The Morgan fingerprint density at radius 3 is 2.48 bits per heavy atom. The topological polar surface area (TPSA) is 73.6 Å². The fourth-order valence-corrected chi connectivity index (χ4v) is 1.88. The molecular formula is C15H15ClN2O3. The van der Waals surface area contributed by atoms with Gasteiger partial charge in [-0.25, -0.2) is 0 Å².